The molecule has 1 N–H and O–H groups in total. The molecule has 0 radical (unpaired) electrons. The monoisotopic (exact) mass is 234 g/mol. The van der Waals surface area contributed by atoms with Gasteiger partial charge < -0.3 is 9.84 Å². The highest BCUT2D eigenvalue weighted by atomic mass is 16.5. The van der Waals surface area contributed by atoms with E-state index >= 15 is 0 Å². The van der Waals surface area contributed by atoms with Crippen molar-refractivity contribution in [2.24, 2.45) is 5.92 Å². The van der Waals surface area contributed by atoms with Gasteiger partial charge in [-0.2, -0.15) is 0 Å². The van der Waals surface area contributed by atoms with Crippen LogP contribution >= 0.6 is 0 Å². The van der Waals surface area contributed by atoms with Gasteiger partial charge in [-0.15, -0.1) is 0 Å². The van der Waals surface area contributed by atoms with Crippen LogP contribution in [0.15, 0.2) is 6.07 Å². The van der Waals surface area contributed by atoms with E-state index in [2.05, 4.69) is 33.8 Å². The molecule has 17 heavy (non-hydrogen) atoms. The second-order valence-corrected chi connectivity index (χ2v) is 5.44. The Bertz CT molecular complexity index is 447. The van der Waals surface area contributed by atoms with Crippen LogP contribution in [0.5, 0.6) is 5.75 Å². The number of hydrogen-bond donors (Lipinski definition) is 1. The number of aliphatic hydroxyl groups excluding tert-OH is 1. The fourth-order valence-electron chi connectivity index (χ4n) is 3.16. The summed E-state index contributed by atoms with van der Waals surface area (Å²) in [6, 6.07) is 2.10. The second kappa shape index (κ2) is 4.02. The van der Waals surface area contributed by atoms with Crippen molar-refractivity contribution in [3.05, 3.63) is 28.3 Å². The van der Waals surface area contributed by atoms with E-state index in [0.717, 1.165) is 12.2 Å². The molecule has 0 aromatic heterocycles. The minimum Gasteiger partial charge on any atom is -0.496 e. The molecule has 1 fully saturated rings. The quantitative estimate of drug-likeness (QED) is 0.871. The van der Waals surface area contributed by atoms with Crippen LogP contribution in [0, 0.1) is 26.7 Å². The van der Waals surface area contributed by atoms with Gasteiger partial charge in [0.25, 0.3) is 0 Å². The lowest BCUT2D eigenvalue weighted by atomic mass is 9.84. The second-order valence-electron chi connectivity index (χ2n) is 5.44. The van der Waals surface area contributed by atoms with E-state index in [1.807, 2.05) is 0 Å². The highest BCUT2D eigenvalue weighted by Gasteiger charge is 2.53. The molecule has 0 amide bonds. The number of aryl methyl sites for hydroxylation is 1. The van der Waals surface area contributed by atoms with Crippen molar-refractivity contribution in [1.82, 2.24) is 0 Å². The summed E-state index contributed by atoms with van der Waals surface area (Å²) in [5, 5.41) is 9.72. The van der Waals surface area contributed by atoms with Crippen LogP contribution in [0.25, 0.3) is 0 Å². The van der Waals surface area contributed by atoms with Crippen LogP contribution in [0.2, 0.25) is 0 Å². The number of ether oxygens (including phenoxy) is 1. The molecule has 2 rings (SSSR count). The Kier molecular flexibility index (Phi) is 2.94. The molecule has 1 aromatic rings. The van der Waals surface area contributed by atoms with E-state index in [1.165, 1.54) is 22.3 Å². The predicted molar refractivity (Wildman–Crippen MR) is 69.7 cm³/mol. The van der Waals surface area contributed by atoms with Crippen molar-refractivity contribution in [2.45, 2.75) is 39.5 Å². The van der Waals surface area contributed by atoms with Gasteiger partial charge in [0.2, 0.25) is 0 Å². The highest BCUT2D eigenvalue weighted by molar-refractivity contribution is 5.53. The smallest absolute Gasteiger partial charge is 0.122 e. The van der Waals surface area contributed by atoms with Crippen LogP contribution in [0.1, 0.15) is 35.6 Å². The number of aliphatic hydroxyl groups is 1. The Labute approximate surface area is 104 Å². The van der Waals surface area contributed by atoms with Crippen molar-refractivity contribution in [1.29, 1.82) is 0 Å². The molecule has 1 aliphatic carbocycles. The Morgan fingerprint density at radius 1 is 1.35 bits per heavy atom. The minimum absolute atomic E-state index is 0.00516. The molecule has 1 aliphatic rings. The molecular weight excluding hydrogens is 212 g/mol. The average Bonchev–Trinajstić information content (AvgIpc) is 2.96. The van der Waals surface area contributed by atoms with E-state index in [1.54, 1.807) is 7.11 Å². The first-order chi connectivity index (χ1) is 7.97. The zero-order valence-corrected chi connectivity index (χ0v) is 11.4. The van der Waals surface area contributed by atoms with E-state index < -0.39 is 0 Å². The van der Waals surface area contributed by atoms with Crippen molar-refractivity contribution < 1.29 is 9.84 Å². The van der Waals surface area contributed by atoms with E-state index in [4.69, 9.17) is 4.74 Å². The van der Waals surface area contributed by atoms with Crippen molar-refractivity contribution >= 4 is 0 Å². The van der Waals surface area contributed by atoms with Gasteiger partial charge >= 0.3 is 0 Å². The van der Waals surface area contributed by atoms with Gasteiger partial charge in [-0.25, -0.2) is 0 Å². The molecule has 1 saturated carbocycles. The Balaban J connectivity index is 2.60. The molecule has 2 atom stereocenters. The summed E-state index contributed by atoms with van der Waals surface area (Å²) in [7, 11) is 1.71. The number of rotatable bonds is 3. The molecule has 2 nitrogen and oxygen atoms in total. The molecular formula is C15H22O2. The largest absolute Gasteiger partial charge is 0.496 e. The third kappa shape index (κ3) is 1.66. The number of hydrogen-bond acceptors (Lipinski definition) is 2. The van der Waals surface area contributed by atoms with Gasteiger partial charge in [0.05, 0.1) is 13.7 Å². The van der Waals surface area contributed by atoms with Gasteiger partial charge in [0.15, 0.2) is 0 Å². The van der Waals surface area contributed by atoms with Crippen LogP contribution in [-0.4, -0.2) is 18.8 Å². The molecule has 0 spiro atoms. The van der Waals surface area contributed by atoms with Gasteiger partial charge in [0, 0.05) is 5.41 Å². The summed E-state index contributed by atoms with van der Waals surface area (Å²) in [4.78, 5) is 0. The third-order valence-electron chi connectivity index (χ3n) is 4.50. The maximum Gasteiger partial charge on any atom is 0.122 e. The summed E-state index contributed by atoms with van der Waals surface area (Å²) in [5.74, 6) is 1.53. The minimum atomic E-state index is 0.00516. The fraction of sp³-hybridized carbons (Fsp3) is 0.600. The standard InChI is InChI=1S/C15H22O2/c1-9-6-13(17-5)11(3)12(4)14(9)15(8-16)7-10(15)2/h6,10,16H,7-8H2,1-5H3. The van der Waals surface area contributed by atoms with E-state index in [0.29, 0.717) is 5.92 Å². The zero-order valence-electron chi connectivity index (χ0n) is 11.4. The maximum atomic E-state index is 9.72. The average molecular weight is 234 g/mol. The van der Waals surface area contributed by atoms with Crippen molar-refractivity contribution in [3.8, 4) is 5.75 Å². The van der Waals surface area contributed by atoms with Crippen molar-refractivity contribution in [3.63, 3.8) is 0 Å². The van der Waals surface area contributed by atoms with E-state index in [9.17, 15) is 5.11 Å². The Hall–Kier alpha value is -1.02. The first kappa shape index (κ1) is 12.4. The highest BCUT2D eigenvalue weighted by Crippen LogP contribution is 2.56. The van der Waals surface area contributed by atoms with Crippen LogP contribution in [0.3, 0.4) is 0 Å². The van der Waals surface area contributed by atoms with Crippen LogP contribution in [-0.2, 0) is 5.41 Å². The summed E-state index contributed by atoms with van der Waals surface area (Å²) in [5.41, 5.74) is 5.06. The molecule has 2 heteroatoms. The van der Waals surface area contributed by atoms with E-state index in [-0.39, 0.29) is 12.0 Å². The Morgan fingerprint density at radius 2 is 1.94 bits per heavy atom. The van der Waals surface area contributed by atoms with Crippen LogP contribution in [0.4, 0.5) is 0 Å². The normalized spacial score (nSPS) is 27.1. The molecule has 94 valence electrons. The summed E-state index contributed by atoms with van der Waals surface area (Å²) in [6.07, 6.45) is 1.09. The lowest BCUT2D eigenvalue weighted by Gasteiger charge is -2.23. The van der Waals surface area contributed by atoms with Gasteiger partial charge in [-0.05, 0) is 61.4 Å². The molecule has 0 heterocycles. The fourth-order valence-corrected chi connectivity index (χ4v) is 3.16. The number of methoxy groups -OCH3 is 1. The zero-order chi connectivity index (χ0) is 12.8. The first-order valence-corrected chi connectivity index (χ1v) is 6.24. The summed E-state index contributed by atoms with van der Waals surface area (Å²) in [6.45, 7) is 8.82. The number of benzene rings is 1. The predicted octanol–water partition coefficient (Wildman–Crippen LogP) is 2.89. The van der Waals surface area contributed by atoms with Crippen LogP contribution < -0.4 is 4.74 Å². The van der Waals surface area contributed by atoms with Gasteiger partial charge in [-0.3, -0.25) is 0 Å². The SMILES string of the molecule is COc1cc(C)c(C2(CO)CC2C)c(C)c1C. The lowest BCUT2D eigenvalue weighted by molar-refractivity contribution is 0.246. The Morgan fingerprint density at radius 3 is 2.35 bits per heavy atom. The lowest BCUT2D eigenvalue weighted by Crippen LogP contribution is -2.19. The van der Waals surface area contributed by atoms with Gasteiger partial charge in [-0.1, -0.05) is 6.92 Å². The molecule has 2 unspecified atom stereocenters. The van der Waals surface area contributed by atoms with Gasteiger partial charge in [0.1, 0.15) is 5.75 Å². The topological polar surface area (TPSA) is 29.5 Å². The first-order valence-electron chi connectivity index (χ1n) is 6.24. The third-order valence-corrected chi connectivity index (χ3v) is 4.50. The molecule has 1 aromatic carbocycles. The maximum absolute atomic E-state index is 9.72. The molecule has 0 bridgehead atoms. The molecule has 0 saturated heterocycles. The van der Waals surface area contributed by atoms with Crippen molar-refractivity contribution in [2.75, 3.05) is 13.7 Å². The molecule has 0 aliphatic heterocycles. The summed E-state index contributed by atoms with van der Waals surface area (Å²) < 4.78 is 5.39. The summed E-state index contributed by atoms with van der Waals surface area (Å²) >= 11 is 0.